The van der Waals surface area contributed by atoms with Crippen molar-refractivity contribution in [1.29, 1.82) is 0 Å². The second kappa shape index (κ2) is 4.20. The number of fused-ring (bicyclic) bond motifs is 1. The first-order chi connectivity index (χ1) is 9.13. The van der Waals surface area contributed by atoms with Crippen molar-refractivity contribution in [2.45, 2.75) is 0 Å². The predicted molar refractivity (Wildman–Crippen MR) is 71.0 cm³/mol. The van der Waals surface area contributed by atoms with Crippen molar-refractivity contribution < 1.29 is 9.50 Å². The predicted octanol–water partition coefficient (Wildman–Crippen LogP) is 2.72. The molecule has 0 bridgehead atoms. The molecule has 0 atom stereocenters. The summed E-state index contributed by atoms with van der Waals surface area (Å²) in [5, 5.41) is 10.3. The van der Waals surface area contributed by atoms with Gasteiger partial charge in [-0.2, -0.15) is 4.98 Å². The standard InChI is InChI=1S/C14H10FN3O/c15-10-4-1-8(2-5-10)9-3-6-12-11(7-9)13(19)18-14(16)17-12/h1-7H,(H3,16,17,18,19). The van der Waals surface area contributed by atoms with Gasteiger partial charge < -0.3 is 10.8 Å². The normalized spacial score (nSPS) is 10.8. The molecule has 0 spiro atoms. The van der Waals surface area contributed by atoms with Gasteiger partial charge in [0, 0.05) is 0 Å². The second-order valence-corrected chi connectivity index (χ2v) is 4.14. The number of nitrogens with two attached hydrogens (primary N) is 1. The first-order valence-electron chi connectivity index (χ1n) is 5.66. The average molecular weight is 255 g/mol. The Morgan fingerprint density at radius 2 is 1.63 bits per heavy atom. The lowest BCUT2D eigenvalue weighted by Gasteiger charge is -2.05. The zero-order valence-electron chi connectivity index (χ0n) is 9.84. The smallest absolute Gasteiger partial charge is 0.223 e. The van der Waals surface area contributed by atoms with Crippen molar-refractivity contribution in [3.63, 3.8) is 0 Å². The van der Waals surface area contributed by atoms with Crippen LogP contribution in [0, 0.1) is 5.82 Å². The van der Waals surface area contributed by atoms with Crippen LogP contribution >= 0.6 is 0 Å². The Labute approximate surface area is 108 Å². The molecule has 4 nitrogen and oxygen atoms in total. The summed E-state index contributed by atoms with van der Waals surface area (Å²) in [5.74, 6) is -0.422. The molecule has 19 heavy (non-hydrogen) atoms. The molecule has 0 saturated carbocycles. The Bertz CT molecular complexity index is 756. The quantitative estimate of drug-likeness (QED) is 0.701. The van der Waals surface area contributed by atoms with Crippen LogP contribution in [0.4, 0.5) is 10.3 Å². The Morgan fingerprint density at radius 1 is 0.947 bits per heavy atom. The maximum Gasteiger partial charge on any atom is 0.223 e. The van der Waals surface area contributed by atoms with Crippen LogP contribution in [-0.2, 0) is 0 Å². The van der Waals surface area contributed by atoms with Gasteiger partial charge in [-0.05, 0) is 35.4 Å². The van der Waals surface area contributed by atoms with E-state index in [0.717, 1.165) is 11.1 Å². The van der Waals surface area contributed by atoms with Crippen molar-refractivity contribution in [2.75, 3.05) is 5.73 Å². The van der Waals surface area contributed by atoms with Gasteiger partial charge in [0.15, 0.2) is 0 Å². The molecule has 0 unspecified atom stereocenters. The van der Waals surface area contributed by atoms with E-state index in [1.54, 1.807) is 24.3 Å². The fourth-order valence-corrected chi connectivity index (χ4v) is 1.95. The molecular formula is C14H10FN3O. The van der Waals surface area contributed by atoms with E-state index >= 15 is 0 Å². The summed E-state index contributed by atoms with van der Waals surface area (Å²) in [5.41, 5.74) is 7.72. The zero-order chi connectivity index (χ0) is 13.4. The largest absolute Gasteiger partial charge is 0.493 e. The highest BCUT2D eigenvalue weighted by molar-refractivity contribution is 5.88. The third-order valence-electron chi connectivity index (χ3n) is 2.87. The number of aromatic hydroxyl groups is 1. The molecule has 3 rings (SSSR count). The molecule has 0 saturated heterocycles. The molecule has 1 aromatic heterocycles. The number of nitrogen functional groups attached to an aromatic ring is 1. The molecule has 5 heteroatoms. The van der Waals surface area contributed by atoms with Crippen molar-refractivity contribution in [3.05, 3.63) is 48.3 Å². The van der Waals surface area contributed by atoms with E-state index in [4.69, 9.17) is 5.73 Å². The number of hydrogen-bond donors (Lipinski definition) is 2. The summed E-state index contributed by atoms with van der Waals surface area (Å²) in [4.78, 5) is 7.74. The van der Waals surface area contributed by atoms with E-state index in [1.165, 1.54) is 12.1 Å². The van der Waals surface area contributed by atoms with Gasteiger partial charge in [0.25, 0.3) is 0 Å². The van der Waals surface area contributed by atoms with E-state index in [-0.39, 0.29) is 17.6 Å². The van der Waals surface area contributed by atoms with E-state index in [2.05, 4.69) is 9.97 Å². The van der Waals surface area contributed by atoms with Gasteiger partial charge in [-0.3, -0.25) is 0 Å². The number of benzene rings is 2. The molecule has 94 valence electrons. The van der Waals surface area contributed by atoms with Gasteiger partial charge >= 0.3 is 0 Å². The topological polar surface area (TPSA) is 72.0 Å². The molecular weight excluding hydrogens is 245 g/mol. The Balaban J connectivity index is 2.19. The van der Waals surface area contributed by atoms with Gasteiger partial charge in [-0.1, -0.05) is 18.2 Å². The summed E-state index contributed by atoms with van der Waals surface area (Å²) >= 11 is 0. The van der Waals surface area contributed by atoms with E-state index in [9.17, 15) is 9.50 Å². The number of anilines is 1. The molecule has 3 N–H and O–H groups in total. The number of halogens is 1. The molecule has 0 aliphatic carbocycles. The lowest BCUT2D eigenvalue weighted by atomic mass is 10.0. The fourth-order valence-electron chi connectivity index (χ4n) is 1.95. The molecule has 3 aromatic rings. The van der Waals surface area contributed by atoms with Crippen molar-refractivity contribution in [2.24, 2.45) is 0 Å². The summed E-state index contributed by atoms with van der Waals surface area (Å²) in [7, 11) is 0. The maximum absolute atomic E-state index is 12.9. The lowest BCUT2D eigenvalue weighted by Crippen LogP contribution is -1.95. The summed E-state index contributed by atoms with van der Waals surface area (Å²) in [6.07, 6.45) is 0. The van der Waals surface area contributed by atoms with Gasteiger partial charge in [0.2, 0.25) is 11.8 Å². The maximum atomic E-state index is 12.9. The van der Waals surface area contributed by atoms with Gasteiger partial charge in [0.05, 0.1) is 10.9 Å². The summed E-state index contributed by atoms with van der Waals surface area (Å²) in [6, 6.07) is 11.4. The minimum absolute atomic E-state index is 0.0273. The highest BCUT2D eigenvalue weighted by atomic mass is 19.1. The van der Waals surface area contributed by atoms with Crippen LogP contribution in [0.2, 0.25) is 0 Å². The second-order valence-electron chi connectivity index (χ2n) is 4.14. The van der Waals surface area contributed by atoms with Crippen LogP contribution in [-0.4, -0.2) is 15.1 Å². The van der Waals surface area contributed by atoms with Crippen LogP contribution in [0.15, 0.2) is 42.5 Å². The van der Waals surface area contributed by atoms with Gasteiger partial charge in [0.1, 0.15) is 5.82 Å². The first kappa shape index (κ1) is 11.4. The highest BCUT2D eigenvalue weighted by Gasteiger charge is 2.07. The van der Waals surface area contributed by atoms with Crippen molar-refractivity contribution >= 4 is 16.9 Å². The van der Waals surface area contributed by atoms with E-state index in [0.29, 0.717) is 10.9 Å². The Kier molecular flexibility index (Phi) is 2.52. The minimum Gasteiger partial charge on any atom is -0.493 e. The third kappa shape index (κ3) is 2.06. The number of rotatable bonds is 1. The Morgan fingerprint density at radius 3 is 2.37 bits per heavy atom. The van der Waals surface area contributed by atoms with Crippen LogP contribution in [0.5, 0.6) is 5.88 Å². The van der Waals surface area contributed by atoms with Gasteiger partial charge in [-0.15, -0.1) is 0 Å². The van der Waals surface area contributed by atoms with Crippen LogP contribution in [0.3, 0.4) is 0 Å². The SMILES string of the molecule is Nc1nc(O)c2cc(-c3ccc(F)cc3)ccc2n1. The van der Waals surface area contributed by atoms with E-state index < -0.39 is 0 Å². The molecule has 0 radical (unpaired) electrons. The number of nitrogens with zero attached hydrogens (tertiary/aromatic N) is 2. The Hall–Kier alpha value is -2.69. The monoisotopic (exact) mass is 255 g/mol. The number of aromatic nitrogens is 2. The summed E-state index contributed by atoms with van der Waals surface area (Å²) < 4.78 is 12.9. The van der Waals surface area contributed by atoms with Crippen molar-refractivity contribution in [3.8, 4) is 17.0 Å². The highest BCUT2D eigenvalue weighted by Crippen LogP contribution is 2.28. The van der Waals surface area contributed by atoms with E-state index in [1.807, 2.05) is 6.07 Å². The molecule has 1 heterocycles. The van der Waals surface area contributed by atoms with Crippen molar-refractivity contribution in [1.82, 2.24) is 9.97 Å². The molecule has 0 aliphatic heterocycles. The van der Waals surface area contributed by atoms with Gasteiger partial charge in [-0.25, -0.2) is 9.37 Å². The van der Waals surface area contributed by atoms with Crippen LogP contribution < -0.4 is 5.73 Å². The first-order valence-corrected chi connectivity index (χ1v) is 5.66. The zero-order valence-corrected chi connectivity index (χ0v) is 9.84. The average Bonchev–Trinajstić information content (AvgIpc) is 2.39. The molecule has 2 aromatic carbocycles. The van der Waals surface area contributed by atoms with Crippen LogP contribution in [0.25, 0.3) is 22.0 Å². The fraction of sp³-hybridized carbons (Fsp3) is 0. The summed E-state index contributed by atoms with van der Waals surface area (Å²) in [6.45, 7) is 0. The molecule has 0 fully saturated rings. The molecule has 0 aliphatic rings. The lowest BCUT2D eigenvalue weighted by molar-refractivity contribution is 0.460. The molecule has 0 amide bonds. The minimum atomic E-state index is -0.288. The number of hydrogen-bond acceptors (Lipinski definition) is 4. The van der Waals surface area contributed by atoms with Crippen LogP contribution in [0.1, 0.15) is 0 Å². The third-order valence-corrected chi connectivity index (χ3v) is 2.87.